The van der Waals surface area contributed by atoms with E-state index in [4.69, 9.17) is 19.4 Å². The van der Waals surface area contributed by atoms with E-state index in [1.165, 1.54) is 0 Å². The minimum atomic E-state index is -5.08. The van der Waals surface area contributed by atoms with E-state index in [0.29, 0.717) is 31.9 Å². The van der Waals surface area contributed by atoms with E-state index >= 15 is 0 Å². The number of aryl methyl sites for hydroxylation is 1. The third-order valence-electron chi connectivity index (χ3n) is 4.98. The predicted molar refractivity (Wildman–Crippen MR) is 107 cm³/mol. The van der Waals surface area contributed by atoms with Gasteiger partial charge in [0.1, 0.15) is 5.60 Å². The Labute approximate surface area is 186 Å². The minimum absolute atomic E-state index is 0.0170. The summed E-state index contributed by atoms with van der Waals surface area (Å²) in [5.41, 5.74) is 1.36. The van der Waals surface area contributed by atoms with Crippen molar-refractivity contribution >= 4 is 23.2 Å². The molecule has 1 atom stereocenters. The van der Waals surface area contributed by atoms with Gasteiger partial charge in [0, 0.05) is 30.8 Å². The highest BCUT2D eigenvalue weighted by molar-refractivity contribution is 7.09. The number of halogens is 3. The lowest BCUT2D eigenvalue weighted by Gasteiger charge is -2.53. The maximum Gasteiger partial charge on any atom is 0.490 e. The van der Waals surface area contributed by atoms with E-state index in [2.05, 4.69) is 9.97 Å². The molecular weight excluding hydrogens is 451 g/mol. The SMILES string of the molecule is Cc1nc(COC2CCOC3(C2)CN(C(=O)c2cccnc2)C3)cs1.O=C(O)C(F)(F)F. The second-order valence-corrected chi connectivity index (χ2v) is 8.58. The highest BCUT2D eigenvalue weighted by Gasteiger charge is 2.49. The fraction of sp³-hybridized carbons (Fsp3) is 0.500. The number of aromatic nitrogens is 2. The largest absolute Gasteiger partial charge is 0.490 e. The first-order chi connectivity index (χ1) is 15.1. The molecule has 4 heterocycles. The van der Waals surface area contributed by atoms with Crippen molar-refractivity contribution < 1.29 is 37.3 Å². The zero-order valence-electron chi connectivity index (χ0n) is 17.2. The molecule has 12 heteroatoms. The number of pyridine rings is 1. The molecule has 8 nitrogen and oxygen atoms in total. The summed E-state index contributed by atoms with van der Waals surface area (Å²) in [6, 6.07) is 3.58. The average molecular weight is 473 g/mol. The highest BCUT2D eigenvalue weighted by Crippen LogP contribution is 2.36. The van der Waals surface area contributed by atoms with Crippen LogP contribution in [0.1, 0.15) is 33.9 Å². The van der Waals surface area contributed by atoms with E-state index in [1.54, 1.807) is 35.9 Å². The number of likely N-dealkylation sites (tertiary alicyclic amines) is 1. The summed E-state index contributed by atoms with van der Waals surface area (Å²) in [6.45, 7) is 4.46. The van der Waals surface area contributed by atoms with E-state index < -0.39 is 12.1 Å². The number of nitrogens with zero attached hydrogens (tertiary/aromatic N) is 3. The molecule has 0 radical (unpaired) electrons. The summed E-state index contributed by atoms with van der Waals surface area (Å²) in [4.78, 5) is 31.6. The molecular formula is C20H22F3N3O5S. The maximum absolute atomic E-state index is 12.4. The van der Waals surface area contributed by atoms with Gasteiger partial charge in [0.15, 0.2) is 0 Å². The molecule has 32 heavy (non-hydrogen) atoms. The Morgan fingerprint density at radius 1 is 1.41 bits per heavy atom. The topological polar surface area (TPSA) is 102 Å². The Kier molecular flexibility index (Phi) is 7.47. The first-order valence-electron chi connectivity index (χ1n) is 9.74. The molecule has 2 aromatic heterocycles. The first-order valence-corrected chi connectivity index (χ1v) is 10.6. The van der Waals surface area contributed by atoms with Crippen LogP contribution in [0.2, 0.25) is 0 Å². The van der Waals surface area contributed by atoms with Crippen LogP contribution in [0.4, 0.5) is 13.2 Å². The van der Waals surface area contributed by atoms with Crippen molar-refractivity contribution in [1.82, 2.24) is 14.9 Å². The van der Waals surface area contributed by atoms with Crippen LogP contribution in [-0.2, 0) is 20.9 Å². The summed E-state index contributed by atoms with van der Waals surface area (Å²) in [7, 11) is 0. The number of rotatable bonds is 4. The van der Waals surface area contributed by atoms with Crippen LogP contribution in [0, 0.1) is 6.92 Å². The van der Waals surface area contributed by atoms with Gasteiger partial charge in [-0.05, 0) is 25.5 Å². The molecule has 0 bridgehead atoms. The van der Waals surface area contributed by atoms with Gasteiger partial charge in [-0.25, -0.2) is 9.78 Å². The van der Waals surface area contributed by atoms with Crippen molar-refractivity contribution in [3.05, 3.63) is 46.2 Å². The van der Waals surface area contributed by atoms with Crippen molar-refractivity contribution in [2.45, 2.75) is 44.3 Å². The molecule has 2 fully saturated rings. The first kappa shape index (κ1) is 24.1. The third-order valence-corrected chi connectivity index (χ3v) is 5.80. The Bertz CT molecular complexity index is 932. The van der Waals surface area contributed by atoms with Gasteiger partial charge in [-0.15, -0.1) is 11.3 Å². The molecule has 2 saturated heterocycles. The van der Waals surface area contributed by atoms with Gasteiger partial charge in [-0.3, -0.25) is 9.78 Å². The number of carbonyl (C=O) groups excluding carboxylic acids is 1. The summed E-state index contributed by atoms with van der Waals surface area (Å²) in [5, 5.41) is 10.2. The van der Waals surface area contributed by atoms with Crippen molar-refractivity contribution in [1.29, 1.82) is 0 Å². The Hall–Kier alpha value is -2.57. The number of hydrogen-bond acceptors (Lipinski definition) is 7. The normalized spacial score (nSPS) is 19.6. The lowest BCUT2D eigenvalue weighted by molar-refractivity contribution is -0.192. The zero-order valence-corrected chi connectivity index (χ0v) is 18.0. The summed E-state index contributed by atoms with van der Waals surface area (Å²) in [6.07, 6.45) is 0.0710. The van der Waals surface area contributed by atoms with Crippen LogP contribution >= 0.6 is 11.3 Å². The second-order valence-electron chi connectivity index (χ2n) is 7.52. The summed E-state index contributed by atoms with van der Waals surface area (Å²) >= 11 is 1.64. The molecule has 174 valence electrons. The number of hydrogen-bond donors (Lipinski definition) is 1. The van der Waals surface area contributed by atoms with Gasteiger partial charge >= 0.3 is 12.1 Å². The van der Waals surface area contributed by atoms with Crippen LogP contribution in [0.3, 0.4) is 0 Å². The van der Waals surface area contributed by atoms with E-state index in [0.717, 1.165) is 23.5 Å². The van der Waals surface area contributed by atoms with Gasteiger partial charge in [-0.1, -0.05) is 0 Å². The van der Waals surface area contributed by atoms with Crippen molar-refractivity contribution in [3.8, 4) is 0 Å². The number of carbonyl (C=O) groups is 2. The average Bonchev–Trinajstić information content (AvgIpc) is 3.16. The predicted octanol–water partition coefficient (Wildman–Crippen LogP) is 3.07. The van der Waals surface area contributed by atoms with E-state index in [-0.39, 0.29) is 17.6 Å². The van der Waals surface area contributed by atoms with E-state index in [1.807, 2.05) is 17.2 Å². The molecule has 2 aliphatic rings. The smallest absolute Gasteiger partial charge is 0.475 e. The van der Waals surface area contributed by atoms with Crippen LogP contribution < -0.4 is 0 Å². The van der Waals surface area contributed by atoms with Crippen molar-refractivity contribution in [2.24, 2.45) is 0 Å². The lowest BCUT2D eigenvalue weighted by Crippen LogP contribution is -2.67. The summed E-state index contributed by atoms with van der Waals surface area (Å²) in [5.74, 6) is -2.74. The molecule has 2 aromatic rings. The van der Waals surface area contributed by atoms with Gasteiger partial charge in [-0.2, -0.15) is 13.2 Å². The highest BCUT2D eigenvalue weighted by atomic mass is 32.1. The zero-order chi connectivity index (χ0) is 23.4. The van der Waals surface area contributed by atoms with Crippen LogP contribution in [-0.4, -0.2) is 69.4 Å². The van der Waals surface area contributed by atoms with Crippen LogP contribution in [0.5, 0.6) is 0 Å². The van der Waals surface area contributed by atoms with E-state index in [9.17, 15) is 18.0 Å². The summed E-state index contributed by atoms with van der Waals surface area (Å²) < 4.78 is 43.8. The molecule has 1 unspecified atom stereocenters. The molecule has 0 aromatic carbocycles. The molecule has 0 saturated carbocycles. The molecule has 1 spiro atoms. The number of carboxylic acids is 1. The number of carboxylic acid groups (broad SMARTS) is 1. The van der Waals surface area contributed by atoms with Crippen molar-refractivity contribution in [3.63, 3.8) is 0 Å². The molecule has 2 aliphatic heterocycles. The fourth-order valence-electron chi connectivity index (χ4n) is 3.49. The molecule has 1 amide bonds. The number of aliphatic carboxylic acids is 1. The van der Waals surface area contributed by atoms with Gasteiger partial charge in [0.05, 0.1) is 42.1 Å². The number of thiazole rings is 1. The number of ether oxygens (including phenoxy) is 2. The fourth-order valence-corrected chi connectivity index (χ4v) is 4.09. The Balaban J connectivity index is 0.000000360. The Morgan fingerprint density at radius 3 is 2.69 bits per heavy atom. The van der Waals surface area contributed by atoms with Crippen LogP contribution in [0.15, 0.2) is 29.9 Å². The lowest BCUT2D eigenvalue weighted by atomic mass is 9.84. The Morgan fingerprint density at radius 2 is 2.12 bits per heavy atom. The van der Waals surface area contributed by atoms with Crippen LogP contribution in [0.25, 0.3) is 0 Å². The van der Waals surface area contributed by atoms with Crippen molar-refractivity contribution in [2.75, 3.05) is 19.7 Å². The standard InChI is InChI=1S/C18H21N3O3S.C2HF3O2/c1-13-20-15(10-25-13)9-23-16-4-6-24-18(7-16)11-21(12-18)17(22)14-3-2-5-19-8-14;3-2(4,5)1(6)7/h2-3,5,8,10,16H,4,6-7,9,11-12H2,1H3;(H,6,7). The maximum atomic E-state index is 12.4. The molecule has 0 aliphatic carbocycles. The molecule has 4 rings (SSSR count). The number of alkyl halides is 3. The van der Waals surface area contributed by atoms with Gasteiger partial charge in [0.2, 0.25) is 0 Å². The number of amides is 1. The quantitative estimate of drug-likeness (QED) is 0.728. The second kappa shape index (κ2) is 9.92. The molecule has 1 N–H and O–H groups in total. The minimum Gasteiger partial charge on any atom is -0.475 e. The van der Waals surface area contributed by atoms with Gasteiger partial charge in [0.25, 0.3) is 5.91 Å². The third kappa shape index (κ3) is 6.24. The monoisotopic (exact) mass is 473 g/mol. The van der Waals surface area contributed by atoms with Gasteiger partial charge < -0.3 is 19.5 Å².